The third-order valence-electron chi connectivity index (χ3n) is 3.63. The highest BCUT2D eigenvalue weighted by atomic mass is 16.3. The molecule has 0 atom stereocenters. The van der Waals surface area contributed by atoms with Crippen molar-refractivity contribution in [3.63, 3.8) is 0 Å². The summed E-state index contributed by atoms with van der Waals surface area (Å²) in [5.74, 6) is 0. The fraction of sp³-hybridized carbons (Fsp3) is 0.647. The highest BCUT2D eigenvalue weighted by Gasteiger charge is 2.30. The van der Waals surface area contributed by atoms with Crippen molar-refractivity contribution in [1.29, 1.82) is 0 Å². The first kappa shape index (κ1) is 17.2. The lowest BCUT2D eigenvalue weighted by Gasteiger charge is -2.31. The van der Waals surface area contributed by atoms with Crippen LogP contribution in [0.25, 0.3) is 0 Å². The molecule has 0 spiro atoms. The molecule has 0 saturated carbocycles. The van der Waals surface area contributed by atoms with E-state index in [2.05, 4.69) is 0 Å². The lowest BCUT2D eigenvalue weighted by Crippen LogP contribution is -2.27. The monoisotopic (exact) mass is 280 g/mol. The fourth-order valence-corrected chi connectivity index (χ4v) is 2.50. The van der Waals surface area contributed by atoms with Crippen molar-refractivity contribution in [2.24, 2.45) is 0 Å². The van der Waals surface area contributed by atoms with Gasteiger partial charge in [0.2, 0.25) is 0 Å². The van der Waals surface area contributed by atoms with Crippen LogP contribution in [0, 0.1) is 0 Å². The summed E-state index contributed by atoms with van der Waals surface area (Å²) >= 11 is 0. The van der Waals surface area contributed by atoms with Gasteiger partial charge in [0.05, 0.1) is 16.8 Å². The zero-order valence-electron chi connectivity index (χ0n) is 13.7. The van der Waals surface area contributed by atoms with Gasteiger partial charge in [0.1, 0.15) is 0 Å². The molecule has 0 aromatic heterocycles. The minimum Gasteiger partial charge on any atom is -0.386 e. The number of rotatable bonds is 4. The van der Waals surface area contributed by atoms with Gasteiger partial charge in [0.25, 0.3) is 0 Å². The Morgan fingerprint density at radius 3 is 1.30 bits per heavy atom. The van der Waals surface area contributed by atoms with Gasteiger partial charge in [-0.25, -0.2) is 0 Å². The summed E-state index contributed by atoms with van der Waals surface area (Å²) in [4.78, 5) is 0. The summed E-state index contributed by atoms with van der Waals surface area (Å²) < 4.78 is 0. The Balaban J connectivity index is 3.75. The zero-order chi connectivity index (χ0) is 15.9. The third kappa shape index (κ3) is 3.60. The predicted molar refractivity (Wildman–Crippen MR) is 81.6 cm³/mol. The Labute approximate surface area is 122 Å². The summed E-state index contributed by atoms with van der Waals surface area (Å²) in [5, 5.41) is 31.1. The van der Waals surface area contributed by atoms with Gasteiger partial charge in [-0.05, 0) is 82.3 Å². The van der Waals surface area contributed by atoms with Gasteiger partial charge in [-0.1, -0.05) is 6.92 Å². The zero-order valence-corrected chi connectivity index (χ0v) is 13.7. The van der Waals surface area contributed by atoms with Crippen LogP contribution in [0.4, 0.5) is 0 Å². The largest absolute Gasteiger partial charge is 0.386 e. The molecule has 0 radical (unpaired) electrons. The summed E-state index contributed by atoms with van der Waals surface area (Å²) in [5.41, 5.74) is 0.0984. The molecular weight excluding hydrogens is 252 g/mol. The van der Waals surface area contributed by atoms with Crippen molar-refractivity contribution in [2.45, 2.75) is 71.7 Å². The van der Waals surface area contributed by atoms with Crippen molar-refractivity contribution < 1.29 is 15.3 Å². The average molecular weight is 280 g/mol. The fourth-order valence-electron chi connectivity index (χ4n) is 2.50. The molecule has 1 aromatic carbocycles. The van der Waals surface area contributed by atoms with Gasteiger partial charge in [-0.2, -0.15) is 0 Å². The first-order chi connectivity index (χ1) is 8.78. The van der Waals surface area contributed by atoms with E-state index in [0.29, 0.717) is 12.0 Å². The second-order valence-corrected chi connectivity index (χ2v) is 7.08. The molecule has 3 nitrogen and oxygen atoms in total. The highest BCUT2D eigenvalue weighted by molar-refractivity contribution is 5.45. The molecule has 0 saturated heterocycles. The Hall–Kier alpha value is -0.900. The normalized spacial score (nSPS) is 13.7. The summed E-state index contributed by atoms with van der Waals surface area (Å²) in [6.45, 7) is 12.3. The van der Waals surface area contributed by atoms with Crippen LogP contribution in [0.1, 0.15) is 70.7 Å². The van der Waals surface area contributed by atoms with Crippen LogP contribution < -0.4 is 0 Å². The smallest absolute Gasteiger partial charge is 0.0843 e. The number of hydrogen-bond donors (Lipinski definition) is 3. The molecule has 0 aliphatic heterocycles. The van der Waals surface area contributed by atoms with E-state index >= 15 is 0 Å². The molecule has 3 N–H and O–H groups in total. The van der Waals surface area contributed by atoms with Crippen molar-refractivity contribution in [3.05, 3.63) is 34.4 Å². The molecule has 0 fully saturated rings. The summed E-state index contributed by atoms with van der Waals surface area (Å²) in [7, 11) is 0. The van der Waals surface area contributed by atoms with Crippen LogP contribution in [0.2, 0.25) is 0 Å². The van der Waals surface area contributed by atoms with Gasteiger partial charge in [0, 0.05) is 0 Å². The number of hydrogen-bond acceptors (Lipinski definition) is 3. The first-order valence-corrected chi connectivity index (χ1v) is 7.14. The van der Waals surface area contributed by atoms with Crippen LogP contribution in [0.3, 0.4) is 0 Å². The average Bonchev–Trinajstić information content (AvgIpc) is 2.23. The standard InChI is InChI=1S/C17H28O3/c1-8-12-13(16(4,5)19)9-11(15(2,3)18)10-14(12)17(6,7)20/h9-10,18-20H,8H2,1-7H3. The molecular formula is C17H28O3. The molecule has 1 rings (SSSR count). The Bertz CT molecular complexity index is 447. The van der Waals surface area contributed by atoms with Crippen LogP contribution in [0.5, 0.6) is 0 Å². The molecule has 20 heavy (non-hydrogen) atoms. The van der Waals surface area contributed by atoms with E-state index in [4.69, 9.17) is 0 Å². The maximum Gasteiger partial charge on any atom is 0.0843 e. The van der Waals surface area contributed by atoms with E-state index in [1.54, 1.807) is 41.5 Å². The van der Waals surface area contributed by atoms with Gasteiger partial charge in [-0.15, -0.1) is 0 Å². The van der Waals surface area contributed by atoms with Gasteiger partial charge < -0.3 is 15.3 Å². The molecule has 114 valence electrons. The predicted octanol–water partition coefficient (Wildman–Crippen LogP) is 2.93. The molecule has 3 heteroatoms. The first-order valence-electron chi connectivity index (χ1n) is 7.14. The molecule has 0 amide bonds. The Kier molecular flexibility index (Phi) is 4.41. The van der Waals surface area contributed by atoms with E-state index in [1.807, 2.05) is 19.1 Å². The molecule has 1 aromatic rings. The molecule has 0 bridgehead atoms. The Morgan fingerprint density at radius 1 is 0.750 bits per heavy atom. The summed E-state index contributed by atoms with van der Waals surface area (Å²) in [6, 6.07) is 3.68. The van der Waals surface area contributed by atoms with Crippen molar-refractivity contribution in [3.8, 4) is 0 Å². The summed E-state index contributed by atoms with van der Waals surface area (Å²) in [6.07, 6.45) is 0.713. The quantitative estimate of drug-likeness (QED) is 0.794. The van der Waals surface area contributed by atoms with E-state index < -0.39 is 16.8 Å². The van der Waals surface area contributed by atoms with Crippen LogP contribution >= 0.6 is 0 Å². The van der Waals surface area contributed by atoms with Crippen molar-refractivity contribution in [2.75, 3.05) is 0 Å². The van der Waals surface area contributed by atoms with Crippen molar-refractivity contribution >= 4 is 0 Å². The van der Waals surface area contributed by atoms with Gasteiger partial charge in [0.15, 0.2) is 0 Å². The van der Waals surface area contributed by atoms with Crippen molar-refractivity contribution in [1.82, 2.24) is 0 Å². The highest BCUT2D eigenvalue weighted by Crippen LogP contribution is 2.36. The topological polar surface area (TPSA) is 60.7 Å². The molecule has 0 aliphatic rings. The minimum atomic E-state index is -1.02. The van der Waals surface area contributed by atoms with E-state index in [9.17, 15) is 15.3 Å². The second kappa shape index (κ2) is 5.14. The maximum atomic E-state index is 10.4. The van der Waals surface area contributed by atoms with Crippen LogP contribution in [0.15, 0.2) is 12.1 Å². The third-order valence-corrected chi connectivity index (χ3v) is 3.63. The van der Waals surface area contributed by atoms with Crippen LogP contribution in [-0.4, -0.2) is 15.3 Å². The second-order valence-electron chi connectivity index (χ2n) is 7.08. The maximum absolute atomic E-state index is 10.4. The lowest BCUT2D eigenvalue weighted by atomic mass is 9.80. The molecule has 0 heterocycles. The number of aliphatic hydroxyl groups is 3. The Morgan fingerprint density at radius 2 is 1.10 bits per heavy atom. The van der Waals surface area contributed by atoms with Gasteiger partial charge >= 0.3 is 0 Å². The lowest BCUT2D eigenvalue weighted by molar-refractivity contribution is 0.0637. The van der Waals surface area contributed by atoms with E-state index in [-0.39, 0.29) is 0 Å². The van der Waals surface area contributed by atoms with Gasteiger partial charge in [-0.3, -0.25) is 0 Å². The van der Waals surface area contributed by atoms with E-state index in [1.165, 1.54) is 0 Å². The molecule has 0 unspecified atom stereocenters. The van der Waals surface area contributed by atoms with E-state index in [0.717, 1.165) is 16.7 Å². The minimum absolute atomic E-state index is 0.698. The SMILES string of the molecule is CCc1c(C(C)(C)O)cc(C(C)(C)O)cc1C(C)(C)O. The van der Waals surface area contributed by atoms with Crippen LogP contribution in [-0.2, 0) is 23.2 Å². The molecule has 0 aliphatic carbocycles. The number of benzene rings is 1.